The van der Waals surface area contributed by atoms with Crippen LogP contribution >= 0.6 is 11.8 Å². The van der Waals surface area contributed by atoms with Crippen LogP contribution in [0, 0.1) is 0 Å². The first-order chi connectivity index (χ1) is 17.2. The van der Waals surface area contributed by atoms with Gasteiger partial charge in [0.2, 0.25) is 5.95 Å². The molecule has 0 amide bonds. The average molecular weight is 488 g/mol. The van der Waals surface area contributed by atoms with Crippen molar-refractivity contribution < 1.29 is 9.53 Å². The third kappa shape index (κ3) is 4.25. The highest BCUT2D eigenvalue weighted by Crippen LogP contribution is 2.45. The van der Waals surface area contributed by atoms with Crippen LogP contribution in [0.15, 0.2) is 59.9 Å². The Bertz CT molecular complexity index is 1340. The van der Waals surface area contributed by atoms with Crippen molar-refractivity contribution >= 4 is 34.4 Å². The van der Waals surface area contributed by atoms with E-state index in [1.165, 1.54) is 17.3 Å². The maximum atomic E-state index is 14.1. The second kappa shape index (κ2) is 9.51. The molecular formula is C27H29N5O2S. The number of thioether (sulfide) groups is 1. The lowest BCUT2D eigenvalue weighted by Crippen LogP contribution is -2.38. The molecule has 4 aromatic rings. The van der Waals surface area contributed by atoms with Gasteiger partial charge in [-0.25, -0.2) is 0 Å². The summed E-state index contributed by atoms with van der Waals surface area (Å²) >= 11 is 1.51. The number of hydrogen-bond donors (Lipinski definition) is 1. The maximum absolute atomic E-state index is 14.1. The van der Waals surface area contributed by atoms with Gasteiger partial charge in [0.05, 0.1) is 13.2 Å². The smallest absolute Gasteiger partial charge is 0.228 e. The summed E-state index contributed by atoms with van der Waals surface area (Å²) in [5.41, 5.74) is 3.96. The molecule has 0 spiro atoms. The number of aromatic amines is 1. The number of morpholine rings is 1. The summed E-state index contributed by atoms with van der Waals surface area (Å²) in [4.78, 5) is 19.7. The first-order valence-electron chi connectivity index (χ1n) is 12.4. The summed E-state index contributed by atoms with van der Waals surface area (Å²) in [6.45, 7) is 5.16. The van der Waals surface area contributed by atoms with Gasteiger partial charge in [-0.3, -0.25) is 9.36 Å². The number of hydrogen-bond acceptors (Lipinski definition) is 6. The molecule has 1 saturated carbocycles. The van der Waals surface area contributed by atoms with Crippen molar-refractivity contribution in [2.45, 2.75) is 42.6 Å². The predicted octanol–water partition coefficient (Wildman–Crippen LogP) is 5.21. The molecule has 1 unspecified atom stereocenters. The molecule has 1 saturated heterocycles. The van der Waals surface area contributed by atoms with Gasteiger partial charge in [0.1, 0.15) is 5.25 Å². The van der Waals surface area contributed by atoms with E-state index in [2.05, 4.69) is 37.6 Å². The molecule has 8 heteroatoms. The normalized spacial score (nSPS) is 17.1. The van der Waals surface area contributed by atoms with Gasteiger partial charge in [-0.2, -0.15) is 0 Å². The molecule has 0 bridgehead atoms. The van der Waals surface area contributed by atoms with Crippen LogP contribution in [0.4, 0.5) is 5.95 Å². The Kier molecular flexibility index (Phi) is 6.08. The zero-order valence-corrected chi connectivity index (χ0v) is 20.6. The number of carbonyl (C=O) groups excluding carboxylic acids is 1. The Labute approximate surface area is 208 Å². The van der Waals surface area contributed by atoms with Crippen LogP contribution in [0.25, 0.3) is 10.9 Å². The van der Waals surface area contributed by atoms with Crippen molar-refractivity contribution in [3.8, 4) is 0 Å². The number of Topliss-reactive ketones (excluding diaryl/α,β-unsaturated/α-hetero) is 1. The van der Waals surface area contributed by atoms with Crippen LogP contribution in [0.1, 0.15) is 52.5 Å². The molecule has 35 heavy (non-hydrogen) atoms. The molecule has 2 aromatic heterocycles. The summed E-state index contributed by atoms with van der Waals surface area (Å²) in [6, 6.07) is 16.6. The SMILES string of the molecule is CCc1cccc2c(C(=O)C(Sc3nnc(N4CCOCC4)n3C3CC3)c3ccccc3)c[nH]c12. The van der Waals surface area contributed by atoms with E-state index in [1.807, 2.05) is 48.7 Å². The van der Waals surface area contributed by atoms with Gasteiger partial charge in [0.15, 0.2) is 10.9 Å². The van der Waals surface area contributed by atoms with Crippen LogP contribution in [-0.4, -0.2) is 51.8 Å². The number of nitrogens with zero attached hydrogens (tertiary/aromatic N) is 4. The lowest BCUT2D eigenvalue weighted by atomic mass is 10.0. The molecule has 1 aliphatic heterocycles. The molecule has 0 radical (unpaired) electrons. The number of carbonyl (C=O) groups is 1. The molecule has 2 fully saturated rings. The number of ketones is 1. The summed E-state index contributed by atoms with van der Waals surface area (Å²) in [5.74, 6) is 0.983. The van der Waals surface area contributed by atoms with Crippen LogP contribution < -0.4 is 4.90 Å². The van der Waals surface area contributed by atoms with Gasteiger partial charge in [0, 0.05) is 41.8 Å². The number of aromatic nitrogens is 4. The van der Waals surface area contributed by atoms with Gasteiger partial charge in [0.25, 0.3) is 0 Å². The lowest BCUT2D eigenvalue weighted by molar-refractivity contribution is 0.0991. The third-order valence-electron chi connectivity index (χ3n) is 6.86. The summed E-state index contributed by atoms with van der Waals surface area (Å²) in [5, 5.41) is 10.6. The molecule has 6 rings (SSSR count). The largest absolute Gasteiger partial charge is 0.378 e. The Morgan fingerprint density at radius 3 is 2.66 bits per heavy atom. The Balaban J connectivity index is 1.39. The van der Waals surface area contributed by atoms with E-state index >= 15 is 0 Å². The number of H-pyrrole nitrogens is 1. The molecule has 7 nitrogen and oxygen atoms in total. The van der Waals surface area contributed by atoms with Gasteiger partial charge in [-0.1, -0.05) is 67.2 Å². The molecule has 1 aliphatic carbocycles. The summed E-state index contributed by atoms with van der Waals surface area (Å²) < 4.78 is 7.79. The number of fused-ring (bicyclic) bond motifs is 1. The molecule has 2 aromatic carbocycles. The van der Waals surface area contributed by atoms with Gasteiger partial charge >= 0.3 is 0 Å². The fourth-order valence-corrected chi connectivity index (χ4v) is 6.01. The fraction of sp³-hybridized carbons (Fsp3) is 0.370. The second-order valence-electron chi connectivity index (χ2n) is 9.15. The van der Waals surface area contributed by atoms with Crippen molar-refractivity contribution in [2.24, 2.45) is 0 Å². The van der Waals surface area contributed by atoms with Crippen LogP contribution in [0.5, 0.6) is 0 Å². The first-order valence-corrected chi connectivity index (χ1v) is 13.2. The number of nitrogens with one attached hydrogen (secondary N) is 1. The number of aryl methyl sites for hydroxylation is 1. The van der Waals surface area contributed by atoms with E-state index in [1.54, 1.807) is 0 Å². The predicted molar refractivity (Wildman–Crippen MR) is 138 cm³/mol. The van der Waals surface area contributed by atoms with Crippen molar-refractivity contribution in [3.63, 3.8) is 0 Å². The van der Waals surface area contributed by atoms with E-state index in [-0.39, 0.29) is 5.78 Å². The van der Waals surface area contributed by atoms with Crippen molar-refractivity contribution in [2.75, 3.05) is 31.2 Å². The van der Waals surface area contributed by atoms with E-state index < -0.39 is 5.25 Å². The molecule has 3 heterocycles. The van der Waals surface area contributed by atoms with Crippen LogP contribution in [0.2, 0.25) is 0 Å². The van der Waals surface area contributed by atoms with Crippen molar-refractivity contribution in [3.05, 3.63) is 71.4 Å². The van der Waals surface area contributed by atoms with E-state index in [0.29, 0.717) is 19.3 Å². The van der Waals surface area contributed by atoms with Crippen molar-refractivity contribution in [1.82, 2.24) is 19.7 Å². The summed E-state index contributed by atoms with van der Waals surface area (Å²) in [6.07, 6.45) is 5.02. The van der Waals surface area contributed by atoms with Gasteiger partial charge < -0.3 is 14.6 Å². The van der Waals surface area contributed by atoms with E-state index in [9.17, 15) is 4.79 Å². The Hall–Kier alpha value is -3.10. The van der Waals surface area contributed by atoms with Crippen molar-refractivity contribution in [1.29, 1.82) is 0 Å². The quantitative estimate of drug-likeness (QED) is 0.272. The zero-order chi connectivity index (χ0) is 23.8. The standard InChI is InChI=1S/C27H29N5O2S/c1-2-18-9-6-10-21-22(17-28-23(18)21)24(33)25(19-7-4-3-5-8-19)35-27-30-29-26(32(27)20-11-12-20)31-13-15-34-16-14-31/h3-10,17,20,25,28H,2,11-16H2,1H3. The molecular weight excluding hydrogens is 458 g/mol. The van der Waals surface area contributed by atoms with E-state index in [0.717, 1.165) is 65.5 Å². The number of benzene rings is 2. The Morgan fingerprint density at radius 2 is 1.91 bits per heavy atom. The minimum Gasteiger partial charge on any atom is -0.378 e. The van der Waals surface area contributed by atoms with Crippen LogP contribution in [0.3, 0.4) is 0 Å². The second-order valence-corrected chi connectivity index (χ2v) is 10.2. The molecule has 180 valence electrons. The Morgan fingerprint density at radius 1 is 1.11 bits per heavy atom. The maximum Gasteiger partial charge on any atom is 0.228 e. The van der Waals surface area contributed by atoms with Gasteiger partial charge in [-0.05, 0) is 30.4 Å². The highest BCUT2D eigenvalue weighted by molar-refractivity contribution is 8.00. The number of ether oxygens (including phenoxy) is 1. The molecule has 1 atom stereocenters. The minimum absolute atomic E-state index is 0.0824. The van der Waals surface area contributed by atoms with Crippen LogP contribution in [-0.2, 0) is 11.2 Å². The number of anilines is 1. The fourth-order valence-electron chi connectivity index (χ4n) is 4.84. The van der Waals surface area contributed by atoms with E-state index in [4.69, 9.17) is 4.74 Å². The highest BCUT2D eigenvalue weighted by atomic mass is 32.2. The molecule has 2 aliphatic rings. The van der Waals surface area contributed by atoms with Gasteiger partial charge in [-0.15, -0.1) is 10.2 Å². The topological polar surface area (TPSA) is 76.0 Å². The monoisotopic (exact) mass is 487 g/mol. The lowest BCUT2D eigenvalue weighted by Gasteiger charge is -2.28. The zero-order valence-electron chi connectivity index (χ0n) is 19.8. The molecule has 1 N–H and O–H groups in total. The minimum atomic E-state index is -0.417. The number of para-hydroxylation sites is 1. The first kappa shape index (κ1) is 22.4. The third-order valence-corrected chi connectivity index (χ3v) is 8.08. The number of rotatable bonds is 8. The highest BCUT2D eigenvalue weighted by Gasteiger charge is 2.35. The summed E-state index contributed by atoms with van der Waals surface area (Å²) in [7, 11) is 0. The average Bonchev–Trinajstić information content (AvgIpc) is 3.51.